The van der Waals surface area contributed by atoms with Crippen LogP contribution in [0.15, 0.2) is 90.5 Å². The Balaban J connectivity index is 1.43. The molecule has 0 saturated heterocycles. The van der Waals surface area contributed by atoms with E-state index in [-0.39, 0.29) is 30.3 Å². The molecule has 3 aromatic carbocycles. The number of hydrogen-bond acceptors (Lipinski definition) is 5. The number of allylic oxidation sites excluding steroid dienone is 2. The van der Waals surface area contributed by atoms with Crippen molar-refractivity contribution in [3.05, 3.63) is 118 Å². The van der Waals surface area contributed by atoms with Gasteiger partial charge in [-0.1, -0.05) is 79.2 Å². The molecule has 3 N–H and O–H groups in total. The number of thiophene rings is 1. The highest BCUT2D eigenvalue weighted by Crippen LogP contribution is 2.59. The van der Waals surface area contributed by atoms with Gasteiger partial charge in [0.25, 0.3) is 0 Å². The summed E-state index contributed by atoms with van der Waals surface area (Å²) in [7, 11) is 0. The summed E-state index contributed by atoms with van der Waals surface area (Å²) in [6.07, 6.45) is 6.30. The van der Waals surface area contributed by atoms with Crippen molar-refractivity contribution in [2.45, 2.75) is 103 Å². The number of benzene rings is 3. The van der Waals surface area contributed by atoms with Gasteiger partial charge in [0, 0.05) is 28.3 Å². The maximum absolute atomic E-state index is 14.5. The quantitative estimate of drug-likeness (QED) is 0.135. The van der Waals surface area contributed by atoms with E-state index in [4.69, 9.17) is 0 Å². The molecule has 0 unspecified atom stereocenters. The van der Waals surface area contributed by atoms with Gasteiger partial charge in [0.15, 0.2) is 0 Å². The predicted octanol–water partition coefficient (Wildman–Crippen LogP) is 8.79. The first-order valence-corrected chi connectivity index (χ1v) is 18.6. The van der Waals surface area contributed by atoms with E-state index in [9.17, 15) is 19.8 Å². The van der Waals surface area contributed by atoms with Crippen molar-refractivity contribution in [3.63, 3.8) is 0 Å². The van der Waals surface area contributed by atoms with E-state index in [0.29, 0.717) is 49.1 Å². The number of nitrogens with zero attached hydrogens (tertiary/aromatic N) is 1. The number of aliphatic hydroxyl groups excluding tert-OH is 1. The molecule has 1 fully saturated rings. The number of hydrogen-bond donors (Lipinski definition) is 3. The number of carbonyl (C=O) groups excluding carboxylic acids is 2. The van der Waals surface area contributed by atoms with Crippen LogP contribution < -0.4 is 5.32 Å². The Morgan fingerprint density at radius 3 is 2.51 bits per heavy atom. The Morgan fingerprint density at radius 2 is 1.76 bits per heavy atom. The van der Waals surface area contributed by atoms with Gasteiger partial charge in [-0.15, -0.1) is 11.3 Å². The van der Waals surface area contributed by atoms with E-state index >= 15 is 0 Å². The number of rotatable bonds is 7. The summed E-state index contributed by atoms with van der Waals surface area (Å²) in [5.74, 6) is -0.136. The number of ketones is 1. The van der Waals surface area contributed by atoms with Gasteiger partial charge in [0.2, 0.25) is 5.78 Å². The largest absolute Gasteiger partial charge is 0.393 e. The lowest BCUT2D eigenvalue weighted by Gasteiger charge is -2.46. The van der Waals surface area contributed by atoms with Crippen LogP contribution in [0.3, 0.4) is 0 Å². The molecule has 7 rings (SSSR count). The van der Waals surface area contributed by atoms with E-state index in [1.165, 1.54) is 16.9 Å². The molecule has 6 nitrogen and oxygen atoms in total. The van der Waals surface area contributed by atoms with Gasteiger partial charge in [0.1, 0.15) is 0 Å². The van der Waals surface area contributed by atoms with Gasteiger partial charge < -0.3 is 20.4 Å². The molecule has 1 heterocycles. The number of urea groups is 1. The van der Waals surface area contributed by atoms with Crippen LogP contribution in [-0.2, 0) is 13.0 Å². The molecule has 1 saturated carbocycles. The summed E-state index contributed by atoms with van der Waals surface area (Å²) >= 11 is 1.51. The summed E-state index contributed by atoms with van der Waals surface area (Å²) in [5.41, 5.74) is 2.92. The predicted molar refractivity (Wildman–Crippen MR) is 199 cm³/mol. The smallest absolute Gasteiger partial charge is 0.317 e. The fourth-order valence-electron chi connectivity index (χ4n) is 8.08. The average molecular weight is 679 g/mol. The standard InChI is InChI=1S/C42H50N2O4S/c1-28(2)43-40(47)44(26-30-12-6-5-7-13-30)27-42(48)22-20-36-34-19-17-31(23-33(45)18-16-29(3)11-10-21-41(36,42)4)24-35(34)39(46)38-25-32-14-8-9-15-37(32)49-38/h5-9,11-15,17,19,24-25,28,33,36,45,48H,10,16,18,20-23,26-27H2,1-4H3,(H,43,47)/t33-,36-,41-,42+/m0/s1. The number of amides is 2. The van der Waals surface area contributed by atoms with Gasteiger partial charge in [-0.05, 0) is 112 Å². The minimum absolute atomic E-state index is 0.0184. The Hall–Kier alpha value is -3.78. The van der Waals surface area contributed by atoms with Crippen LogP contribution >= 0.6 is 11.3 Å². The first-order chi connectivity index (χ1) is 23.5. The Labute approximate surface area is 294 Å². The first kappa shape index (κ1) is 35.1. The van der Waals surface area contributed by atoms with Crippen LogP contribution in [-0.4, -0.2) is 51.2 Å². The number of aliphatic hydroxyl groups is 2. The van der Waals surface area contributed by atoms with Gasteiger partial charge in [0.05, 0.1) is 23.1 Å². The average Bonchev–Trinajstić information content (AvgIpc) is 3.61. The van der Waals surface area contributed by atoms with Crippen molar-refractivity contribution in [1.29, 1.82) is 0 Å². The van der Waals surface area contributed by atoms with E-state index in [2.05, 4.69) is 37.4 Å². The van der Waals surface area contributed by atoms with Crippen LogP contribution in [0.1, 0.15) is 104 Å². The zero-order valence-corrected chi connectivity index (χ0v) is 30.1. The molecule has 49 heavy (non-hydrogen) atoms. The molecule has 0 radical (unpaired) electrons. The fourth-order valence-corrected chi connectivity index (χ4v) is 9.10. The second kappa shape index (κ2) is 14.6. The molecular formula is C42H50N2O4S. The van der Waals surface area contributed by atoms with Crippen LogP contribution in [0.2, 0.25) is 0 Å². The lowest BCUT2D eigenvalue weighted by molar-refractivity contribution is -0.0781. The van der Waals surface area contributed by atoms with Crippen LogP contribution in [0.25, 0.3) is 10.1 Å². The van der Waals surface area contributed by atoms with E-state index in [0.717, 1.165) is 39.6 Å². The second-order valence-corrected chi connectivity index (χ2v) is 16.0. The van der Waals surface area contributed by atoms with Crippen molar-refractivity contribution in [1.82, 2.24) is 10.2 Å². The van der Waals surface area contributed by atoms with Crippen LogP contribution in [0, 0.1) is 5.41 Å². The summed E-state index contributed by atoms with van der Waals surface area (Å²) in [5, 5.41) is 28.0. The molecule has 3 aliphatic carbocycles. The van der Waals surface area contributed by atoms with Crippen molar-refractivity contribution in [3.8, 4) is 0 Å². The summed E-state index contributed by atoms with van der Waals surface area (Å²) in [6, 6.07) is 25.9. The minimum Gasteiger partial charge on any atom is -0.393 e. The lowest BCUT2D eigenvalue weighted by atomic mass is 9.64. The minimum atomic E-state index is -1.20. The zero-order chi connectivity index (χ0) is 34.8. The van der Waals surface area contributed by atoms with E-state index in [1.807, 2.05) is 80.6 Å². The third-order valence-corrected chi connectivity index (χ3v) is 12.0. The molecule has 7 heteroatoms. The second-order valence-electron chi connectivity index (χ2n) is 14.9. The van der Waals surface area contributed by atoms with Gasteiger partial charge in [-0.3, -0.25) is 4.79 Å². The molecule has 258 valence electrons. The maximum Gasteiger partial charge on any atom is 0.317 e. The van der Waals surface area contributed by atoms with Gasteiger partial charge in [-0.2, -0.15) is 0 Å². The first-order valence-electron chi connectivity index (χ1n) is 17.8. The van der Waals surface area contributed by atoms with Crippen molar-refractivity contribution < 1.29 is 19.8 Å². The molecule has 0 aliphatic heterocycles. The van der Waals surface area contributed by atoms with E-state index < -0.39 is 17.1 Å². The monoisotopic (exact) mass is 678 g/mol. The van der Waals surface area contributed by atoms with Crippen LogP contribution in [0.4, 0.5) is 4.79 Å². The maximum atomic E-state index is 14.5. The molecule has 2 amide bonds. The number of nitrogens with one attached hydrogen (secondary N) is 1. The third kappa shape index (κ3) is 7.54. The van der Waals surface area contributed by atoms with Gasteiger partial charge >= 0.3 is 6.03 Å². The number of fused-ring (bicyclic) bond motifs is 9. The normalized spacial score (nSPS) is 24.3. The molecule has 3 aliphatic rings. The molecule has 4 aromatic rings. The lowest BCUT2D eigenvalue weighted by Crippen LogP contribution is -2.55. The Morgan fingerprint density at radius 1 is 1.00 bits per heavy atom. The zero-order valence-electron chi connectivity index (χ0n) is 29.2. The van der Waals surface area contributed by atoms with Crippen LogP contribution in [0.5, 0.6) is 0 Å². The molecule has 0 spiro atoms. The molecular weight excluding hydrogens is 629 g/mol. The highest BCUT2D eigenvalue weighted by atomic mass is 32.1. The summed E-state index contributed by atoms with van der Waals surface area (Å²) in [6.45, 7) is 8.75. The topological polar surface area (TPSA) is 89.9 Å². The Kier molecular flexibility index (Phi) is 10.4. The fraction of sp³-hybridized carbons (Fsp3) is 0.429. The van der Waals surface area contributed by atoms with Gasteiger partial charge in [-0.25, -0.2) is 4.79 Å². The van der Waals surface area contributed by atoms with Crippen molar-refractivity contribution >= 4 is 33.2 Å². The third-order valence-electron chi connectivity index (χ3n) is 10.9. The summed E-state index contributed by atoms with van der Waals surface area (Å²) in [4.78, 5) is 30.7. The summed E-state index contributed by atoms with van der Waals surface area (Å²) < 4.78 is 1.07. The Bertz CT molecular complexity index is 1800. The highest BCUT2D eigenvalue weighted by molar-refractivity contribution is 7.21. The van der Waals surface area contributed by atoms with Crippen molar-refractivity contribution in [2.24, 2.45) is 5.41 Å². The van der Waals surface area contributed by atoms with E-state index in [1.54, 1.807) is 4.90 Å². The van der Waals surface area contributed by atoms with Crippen molar-refractivity contribution in [2.75, 3.05) is 6.54 Å². The highest BCUT2D eigenvalue weighted by Gasteiger charge is 2.57. The number of carbonyl (C=O) groups is 2. The SMILES string of the molecule is CC1=CCC[C@@]2(C)[C@@H](CC[C@@]2(O)CN(Cc2ccccc2)C(=O)NC(C)C)c2ccc(cc2C(=O)c2cc3ccccc3s2)C[C@@H](O)CC1. The molecule has 2 bridgehead atoms. The molecule has 1 aromatic heterocycles. The molecule has 4 atom stereocenters.